The molecule has 2 aliphatic rings. The van der Waals surface area contributed by atoms with Crippen molar-refractivity contribution in [2.45, 2.75) is 56.0 Å². The maximum Gasteiger partial charge on any atom is 0.248 e. The van der Waals surface area contributed by atoms with Gasteiger partial charge in [-0.2, -0.15) is 5.26 Å². The molecule has 2 aromatic rings. The SMILES string of the molecule is CC1Cc2sc(NC(=O)Cc3ccc(S(N)(=O)=O)cc3)c(C#N)c2CN1CC1CC(F)(F)C1. The first-order chi connectivity index (χ1) is 15.4. The van der Waals surface area contributed by atoms with Crippen LogP contribution < -0.4 is 10.5 Å². The molecule has 0 radical (unpaired) electrons. The lowest BCUT2D eigenvalue weighted by Crippen LogP contribution is -2.46. The van der Waals surface area contributed by atoms with Crippen molar-refractivity contribution in [3.63, 3.8) is 0 Å². The van der Waals surface area contributed by atoms with Crippen molar-refractivity contribution in [2.75, 3.05) is 11.9 Å². The quantitative estimate of drug-likeness (QED) is 0.640. The molecule has 1 unspecified atom stereocenters. The van der Waals surface area contributed by atoms with Crippen molar-refractivity contribution < 1.29 is 22.0 Å². The van der Waals surface area contributed by atoms with Gasteiger partial charge < -0.3 is 5.32 Å². The minimum Gasteiger partial charge on any atom is -0.316 e. The van der Waals surface area contributed by atoms with Crippen LogP contribution in [0.4, 0.5) is 13.8 Å². The lowest BCUT2D eigenvalue weighted by Gasteiger charge is -2.41. The Bertz CT molecular complexity index is 1210. The number of nitrogens with two attached hydrogens (primary N) is 1. The zero-order valence-corrected chi connectivity index (χ0v) is 19.6. The molecule has 1 fully saturated rings. The maximum atomic E-state index is 13.2. The van der Waals surface area contributed by atoms with Gasteiger partial charge >= 0.3 is 0 Å². The predicted octanol–water partition coefficient (Wildman–Crippen LogP) is 3.24. The topological polar surface area (TPSA) is 116 Å². The molecule has 0 bridgehead atoms. The summed E-state index contributed by atoms with van der Waals surface area (Å²) in [6, 6.07) is 8.09. The van der Waals surface area contributed by atoms with Gasteiger partial charge in [0.15, 0.2) is 0 Å². The number of halogens is 2. The van der Waals surface area contributed by atoms with Crippen molar-refractivity contribution in [2.24, 2.45) is 11.1 Å². The molecule has 1 atom stereocenters. The van der Waals surface area contributed by atoms with Crippen LogP contribution in [0.15, 0.2) is 29.2 Å². The van der Waals surface area contributed by atoms with E-state index in [0.29, 0.717) is 35.6 Å². The normalized spacial score (nSPS) is 20.5. The third-order valence-electron chi connectivity index (χ3n) is 6.20. The number of benzene rings is 1. The summed E-state index contributed by atoms with van der Waals surface area (Å²) in [6.45, 7) is 3.13. The van der Waals surface area contributed by atoms with Crippen molar-refractivity contribution in [1.82, 2.24) is 4.90 Å². The molecule has 33 heavy (non-hydrogen) atoms. The number of rotatable bonds is 6. The second kappa shape index (κ2) is 8.76. The first-order valence-corrected chi connectivity index (χ1v) is 12.9. The van der Waals surface area contributed by atoms with Crippen molar-refractivity contribution >= 4 is 32.3 Å². The molecule has 0 saturated heterocycles. The zero-order chi connectivity index (χ0) is 24.0. The van der Waals surface area contributed by atoms with E-state index in [4.69, 9.17) is 5.14 Å². The highest BCUT2D eigenvalue weighted by atomic mass is 32.2. The van der Waals surface area contributed by atoms with Crippen molar-refractivity contribution in [3.05, 3.63) is 45.8 Å². The lowest BCUT2D eigenvalue weighted by atomic mass is 9.80. The number of sulfonamides is 1. The molecule has 1 amide bonds. The lowest BCUT2D eigenvalue weighted by molar-refractivity contribution is -0.119. The standard InChI is InChI=1S/C22H24F2N4O3S2/c1-13-6-19-18(12-28(13)11-15-8-22(23,24)9-15)17(10-25)21(32-19)27-20(29)7-14-2-4-16(5-3-14)33(26,30)31/h2-5,13,15H,6-9,11-12H2,1H3,(H,27,29)(H2,26,30,31). The van der Waals surface area contributed by atoms with Crippen LogP contribution in [-0.4, -0.2) is 37.7 Å². The monoisotopic (exact) mass is 494 g/mol. The number of thiophene rings is 1. The molecule has 7 nitrogen and oxygen atoms in total. The van der Waals surface area contributed by atoms with E-state index in [9.17, 15) is 27.3 Å². The molecule has 3 N–H and O–H groups in total. The molecule has 1 aromatic carbocycles. The molecule has 4 rings (SSSR count). The molecule has 176 valence electrons. The summed E-state index contributed by atoms with van der Waals surface area (Å²) in [5.74, 6) is -2.91. The number of hydrogen-bond acceptors (Lipinski definition) is 6. The maximum absolute atomic E-state index is 13.2. The number of amides is 1. The van der Waals surface area contributed by atoms with E-state index in [1.165, 1.54) is 35.6 Å². The number of nitriles is 1. The highest BCUT2D eigenvalue weighted by Crippen LogP contribution is 2.44. The number of nitrogens with one attached hydrogen (secondary N) is 1. The van der Waals surface area contributed by atoms with Crippen LogP contribution in [-0.2, 0) is 34.2 Å². The summed E-state index contributed by atoms with van der Waals surface area (Å²) in [6.07, 6.45) is 0.536. The van der Waals surface area contributed by atoms with Crippen molar-refractivity contribution in [1.29, 1.82) is 5.26 Å². The van der Waals surface area contributed by atoms with Gasteiger partial charge in [0.25, 0.3) is 0 Å². The molecule has 11 heteroatoms. The number of primary sulfonamides is 1. The van der Waals surface area contributed by atoms with Gasteiger partial charge in [-0.25, -0.2) is 22.3 Å². The average Bonchev–Trinajstić information content (AvgIpc) is 3.02. The fraction of sp³-hybridized carbons (Fsp3) is 0.455. The van der Waals surface area contributed by atoms with Gasteiger partial charge in [-0.15, -0.1) is 11.3 Å². The molecule has 2 heterocycles. The van der Waals surface area contributed by atoms with E-state index in [1.54, 1.807) is 0 Å². The minimum atomic E-state index is -3.80. The zero-order valence-electron chi connectivity index (χ0n) is 18.0. The summed E-state index contributed by atoms with van der Waals surface area (Å²) < 4.78 is 49.2. The number of hydrogen-bond donors (Lipinski definition) is 2. The van der Waals surface area contributed by atoms with E-state index in [2.05, 4.69) is 23.2 Å². The van der Waals surface area contributed by atoms with Crippen LogP contribution in [0.5, 0.6) is 0 Å². The Morgan fingerprint density at radius 2 is 2.00 bits per heavy atom. The minimum absolute atomic E-state index is 0.0107. The van der Waals surface area contributed by atoms with Crippen LogP contribution in [0.25, 0.3) is 0 Å². The summed E-state index contributed by atoms with van der Waals surface area (Å²) in [7, 11) is -3.80. The second-order valence-corrected chi connectivity index (χ2v) is 11.5. The fourth-order valence-electron chi connectivity index (χ4n) is 4.45. The molecule has 1 aliphatic heterocycles. The van der Waals surface area contributed by atoms with E-state index in [-0.39, 0.29) is 42.0 Å². The summed E-state index contributed by atoms with van der Waals surface area (Å²) in [4.78, 5) is 15.7. The smallest absolute Gasteiger partial charge is 0.248 e. The Morgan fingerprint density at radius 3 is 2.58 bits per heavy atom. The number of carbonyl (C=O) groups excluding carboxylic acids is 1. The van der Waals surface area contributed by atoms with Crippen LogP contribution in [0.1, 0.15) is 41.3 Å². The number of nitrogens with zero attached hydrogens (tertiary/aromatic N) is 2. The number of alkyl halides is 2. The summed E-state index contributed by atoms with van der Waals surface area (Å²) in [5.41, 5.74) is 1.89. The molecular formula is C22H24F2N4O3S2. The number of anilines is 1. The first kappa shape index (κ1) is 23.8. The first-order valence-electron chi connectivity index (χ1n) is 10.5. The number of carbonyl (C=O) groups is 1. The molecular weight excluding hydrogens is 470 g/mol. The molecule has 1 aromatic heterocycles. The Labute approximate surface area is 195 Å². The highest BCUT2D eigenvalue weighted by molar-refractivity contribution is 7.89. The largest absolute Gasteiger partial charge is 0.316 e. The second-order valence-electron chi connectivity index (χ2n) is 8.85. The van der Waals surface area contributed by atoms with Crippen LogP contribution in [0.3, 0.4) is 0 Å². The third-order valence-corrected chi connectivity index (χ3v) is 8.30. The van der Waals surface area contributed by atoms with Gasteiger partial charge in [0.2, 0.25) is 21.9 Å². The van der Waals surface area contributed by atoms with Crippen LogP contribution in [0, 0.1) is 17.2 Å². The van der Waals surface area contributed by atoms with E-state index < -0.39 is 15.9 Å². The number of fused-ring (bicyclic) bond motifs is 1. The molecule has 1 aliphatic carbocycles. The van der Waals surface area contributed by atoms with Gasteiger partial charge in [0.05, 0.1) is 16.9 Å². The van der Waals surface area contributed by atoms with Crippen LogP contribution >= 0.6 is 11.3 Å². The Hall–Kier alpha value is -2.39. The molecule has 1 saturated carbocycles. The van der Waals surface area contributed by atoms with Crippen LogP contribution in [0.2, 0.25) is 0 Å². The van der Waals surface area contributed by atoms with Gasteiger partial charge in [-0.3, -0.25) is 9.69 Å². The Morgan fingerprint density at radius 1 is 1.33 bits per heavy atom. The molecule has 0 spiro atoms. The Balaban J connectivity index is 1.44. The summed E-state index contributed by atoms with van der Waals surface area (Å²) in [5, 5.41) is 18.1. The van der Waals surface area contributed by atoms with Gasteiger partial charge in [0.1, 0.15) is 11.1 Å². The average molecular weight is 495 g/mol. The highest BCUT2D eigenvalue weighted by Gasteiger charge is 2.46. The van der Waals surface area contributed by atoms with Gasteiger partial charge in [0, 0.05) is 42.4 Å². The predicted molar refractivity (Wildman–Crippen MR) is 120 cm³/mol. The Kier molecular flexibility index (Phi) is 6.30. The van der Waals surface area contributed by atoms with E-state index in [0.717, 1.165) is 10.4 Å². The van der Waals surface area contributed by atoms with Gasteiger partial charge in [-0.1, -0.05) is 12.1 Å². The summed E-state index contributed by atoms with van der Waals surface area (Å²) >= 11 is 1.38. The van der Waals surface area contributed by atoms with E-state index in [1.807, 2.05) is 0 Å². The third kappa shape index (κ3) is 5.24. The fourth-order valence-corrected chi connectivity index (χ4v) is 6.26. The van der Waals surface area contributed by atoms with Crippen molar-refractivity contribution in [3.8, 4) is 6.07 Å². The van der Waals surface area contributed by atoms with Gasteiger partial charge in [-0.05, 0) is 37.0 Å². The van der Waals surface area contributed by atoms with E-state index >= 15 is 0 Å².